The Balaban J connectivity index is 0.995. The van der Waals surface area contributed by atoms with Crippen molar-refractivity contribution >= 4 is 139 Å². The topological polar surface area (TPSA) is 20.8 Å². The minimum atomic E-state index is -0.413. The molecule has 0 aliphatic carbocycles. The van der Waals surface area contributed by atoms with Crippen LogP contribution in [0.1, 0.15) is 52.7 Å². The van der Waals surface area contributed by atoms with Crippen LogP contribution in [0.3, 0.4) is 0 Å². The molecule has 2 aliphatic heterocycles. The van der Waals surface area contributed by atoms with E-state index in [1.54, 1.807) is 0 Å². The summed E-state index contributed by atoms with van der Waals surface area (Å²) >= 11 is 0. The molecule has 116 heavy (non-hydrogen) atoms. The third-order valence-electron chi connectivity index (χ3n) is 25.2. The van der Waals surface area contributed by atoms with Crippen LogP contribution in [0.4, 0.5) is 34.1 Å². The summed E-state index contributed by atoms with van der Waals surface area (Å²) in [6.07, 6.45) is 0. The monoisotopic (exact) mass is 1480 g/mol. The number of hydrogen-bond acceptors (Lipinski definition) is 2. The fourth-order valence-corrected chi connectivity index (χ4v) is 19.8. The average molecular weight is 1480 g/mol. The minimum Gasteiger partial charge on any atom is -0.309 e. The second kappa shape index (κ2) is 25.7. The van der Waals surface area contributed by atoms with Crippen molar-refractivity contribution in [3.05, 3.63) is 387 Å². The molecule has 2 aliphatic rings. The summed E-state index contributed by atoms with van der Waals surface area (Å²) in [6, 6.07) is 143. The van der Waals surface area contributed by atoms with E-state index < -0.39 is 6.71 Å². The Morgan fingerprint density at radius 2 is 0.543 bits per heavy atom. The first-order valence-corrected chi connectivity index (χ1v) is 40.8. The predicted molar refractivity (Wildman–Crippen MR) is 494 cm³/mol. The molecule has 0 atom stereocenters. The second-order valence-corrected chi connectivity index (χ2v) is 33.9. The van der Waals surface area contributed by atoms with Crippen molar-refractivity contribution in [2.45, 2.75) is 52.4 Å². The number of fused-ring (bicyclic) bond motifs is 18. The van der Waals surface area contributed by atoms with Crippen molar-refractivity contribution < 1.29 is 0 Å². The van der Waals surface area contributed by atoms with Gasteiger partial charge in [0.1, 0.15) is 0 Å². The Morgan fingerprint density at radius 3 is 0.922 bits per heavy atom. The SMILES string of the molecule is CC(C)(C)c1cc(-c2ccccc2)c(N2c3cc4c5ccccc5n(-c5ccccc5)c4cc3B3c4cc5c(cc4N(c4c(-c6ccccc6)cc(C(C)(C)C)cc4-c4cccc(-c6ccccc6)c4)c4c3c2c2c3ccccc3n3c6ccccc6c4c23)c2ccccc2n5-c2ccccc2)c(-c2cccc(-c3ccccc3)c2)c1. The number of anilines is 6. The van der Waals surface area contributed by atoms with Crippen molar-refractivity contribution in [3.8, 4) is 78.1 Å². The van der Waals surface area contributed by atoms with Gasteiger partial charge in [-0.3, -0.25) is 0 Å². The average Bonchev–Trinajstić information content (AvgIpc) is 1.43. The molecule has 4 aromatic heterocycles. The second-order valence-electron chi connectivity index (χ2n) is 33.9. The maximum atomic E-state index is 2.84. The molecule has 0 spiro atoms. The molecule has 0 fully saturated rings. The molecule has 0 bridgehead atoms. The molecule has 6 heterocycles. The lowest BCUT2D eigenvalue weighted by molar-refractivity contribution is 0.590. The van der Waals surface area contributed by atoms with Crippen LogP contribution >= 0.6 is 0 Å². The fraction of sp³-hybridized carbons (Fsp3) is 0.0727. The molecule has 0 amide bonds. The standard InChI is InChI=1S/C110H80BN5/c1-109(2,3)77-61-85(71-39-17-9-18-40-71)104(87(63-77)75-45-33-43-73(59-75)69-35-13-7-14-36-69)115-99-65-89-81-51-25-29-55-93(81)112(79-47-21-11-22-48-79)97(89)67-91(99)111-92-68-98-90(82-52-26-30-56-94(82)113(98)80-49-23-12-24-50-80)66-100(92)116(108-102-84-54-28-32-58-96(84)114-95-57-31-27-53-83(95)101(106(102)114)107(115)103(108)111)105-86(72-41-19-10-20-42-72)62-78(110(4,5)6)64-88(105)76-46-34-44-74(60-76)70-37-15-8-16-38-70/h7-68H,1-6H3. The van der Waals surface area contributed by atoms with Crippen LogP contribution in [-0.2, 0) is 10.8 Å². The zero-order valence-corrected chi connectivity index (χ0v) is 65.6. The van der Waals surface area contributed by atoms with Gasteiger partial charge < -0.3 is 23.3 Å². The molecule has 0 radical (unpaired) electrons. The highest BCUT2D eigenvalue weighted by Crippen LogP contribution is 2.61. The molecule has 21 aromatic rings. The third kappa shape index (κ3) is 10.2. The lowest BCUT2D eigenvalue weighted by Gasteiger charge is -2.46. The zero-order valence-electron chi connectivity index (χ0n) is 65.6. The van der Waals surface area contributed by atoms with Gasteiger partial charge in [-0.2, -0.15) is 0 Å². The Kier molecular flexibility index (Phi) is 14.9. The molecule has 0 N–H and O–H groups in total. The van der Waals surface area contributed by atoms with Crippen molar-refractivity contribution in [1.82, 2.24) is 13.5 Å². The van der Waals surface area contributed by atoms with Gasteiger partial charge in [-0.25, -0.2) is 0 Å². The summed E-state index contributed by atoms with van der Waals surface area (Å²) in [5, 5.41) is 9.54. The molecule has 17 aromatic carbocycles. The number of rotatable bonds is 10. The summed E-state index contributed by atoms with van der Waals surface area (Å²) in [6.45, 7) is 13.9. The summed E-state index contributed by atoms with van der Waals surface area (Å²) in [5.41, 5.74) is 36.5. The van der Waals surface area contributed by atoms with Gasteiger partial charge in [-0.1, -0.05) is 308 Å². The van der Waals surface area contributed by atoms with Crippen LogP contribution in [0.15, 0.2) is 376 Å². The first-order valence-electron chi connectivity index (χ1n) is 40.8. The molecular formula is C110H80BN5. The van der Waals surface area contributed by atoms with E-state index in [0.29, 0.717) is 0 Å². The van der Waals surface area contributed by atoms with E-state index in [1.165, 1.54) is 87.2 Å². The number of nitrogens with zero attached hydrogens (tertiary/aromatic N) is 5. The summed E-state index contributed by atoms with van der Waals surface area (Å²) in [5.74, 6) is 0. The van der Waals surface area contributed by atoms with Crippen molar-refractivity contribution in [1.29, 1.82) is 0 Å². The maximum absolute atomic E-state index is 2.84. The predicted octanol–water partition coefficient (Wildman–Crippen LogP) is 27.7. The maximum Gasteiger partial charge on any atom is 0.252 e. The van der Waals surface area contributed by atoms with E-state index in [9.17, 15) is 0 Å². The molecule has 23 rings (SSSR count). The fourth-order valence-electron chi connectivity index (χ4n) is 19.8. The normalized spacial score (nSPS) is 12.9. The number of aromatic nitrogens is 3. The smallest absolute Gasteiger partial charge is 0.252 e. The van der Waals surface area contributed by atoms with Gasteiger partial charge in [0.05, 0.1) is 61.4 Å². The van der Waals surface area contributed by atoms with Gasteiger partial charge in [-0.15, -0.1) is 0 Å². The molecule has 0 saturated heterocycles. The van der Waals surface area contributed by atoms with Crippen molar-refractivity contribution in [2.75, 3.05) is 9.80 Å². The first-order chi connectivity index (χ1) is 56.9. The van der Waals surface area contributed by atoms with E-state index in [0.717, 1.165) is 134 Å². The molecule has 6 heteroatoms. The van der Waals surface area contributed by atoms with Crippen LogP contribution in [0.2, 0.25) is 0 Å². The Bertz CT molecular complexity index is 7130. The van der Waals surface area contributed by atoms with E-state index in [2.05, 4.69) is 441 Å². The Morgan fingerprint density at radius 1 is 0.233 bits per heavy atom. The molecule has 0 unspecified atom stereocenters. The Hall–Kier alpha value is -14.2. The van der Waals surface area contributed by atoms with E-state index in [-0.39, 0.29) is 10.8 Å². The van der Waals surface area contributed by atoms with Gasteiger partial charge in [-0.05, 0) is 192 Å². The molecule has 548 valence electrons. The quantitative estimate of drug-likeness (QED) is 0.127. The van der Waals surface area contributed by atoms with E-state index >= 15 is 0 Å². The highest BCUT2D eigenvalue weighted by molar-refractivity contribution is 7.01. The van der Waals surface area contributed by atoms with E-state index in [4.69, 9.17) is 0 Å². The summed E-state index contributed by atoms with van der Waals surface area (Å²) in [4.78, 5) is 5.68. The number of hydrogen-bond donors (Lipinski definition) is 0. The number of benzene rings is 17. The van der Waals surface area contributed by atoms with Gasteiger partial charge in [0.2, 0.25) is 0 Å². The zero-order chi connectivity index (χ0) is 77.4. The third-order valence-corrected chi connectivity index (χ3v) is 25.2. The van der Waals surface area contributed by atoms with Gasteiger partial charge in [0.15, 0.2) is 0 Å². The van der Waals surface area contributed by atoms with Gasteiger partial charge in [0, 0.05) is 88.1 Å². The van der Waals surface area contributed by atoms with E-state index in [1.807, 2.05) is 0 Å². The Labute approximate surface area is 675 Å². The van der Waals surface area contributed by atoms with Crippen LogP contribution in [0, 0.1) is 0 Å². The first kappa shape index (κ1) is 67.5. The highest BCUT2D eigenvalue weighted by atomic mass is 15.2. The molecular weight excluding hydrogens is 1400 g/mol. The van der Waals surface area contributed by atoms with Gasteiger partial charge >= 0.3 is 0 Å². The van der Waals surface area contributed by atoms with Crippen LogP contribution in [-0.4, -0.2) is 20.2 Å². The van der Waals surface area contributed by atoms with Crippen molar-refractivity contribution in [3.63, 3.8) is 0 Å². The van der Waals surface area contributed by atoms with Crippen molar-refractivity contribution in [2.24, 2.45) is 0 Å². The molecule has 0 saturated carbocycles. The largest absolute Gasteiger partial charge is 0.309 e. The summed E-state index contributed by atoms with van der Waals surface area (Å²) < 4.78 is 7.72. The lowest BCUT2D eigenvalue weighted by atomic mass is 9.33. The lowest BCUT2D eigenvalue weighted by Crippen LogP contribution is -2.61. The van der Waals surface area contributed by atoms with Crippen LogP contribution < -0.4 is 26.2 Å². The molecule has 5 nitrogen and oxygen atoms in total. The highest BCUT2D eigenvalue weighted by Gasteiger charge is 2.49. The number of para-hydroxylation sites is 6. The van der Waals surface area contributed by atoms with Crippen LogP contribution in [0.25, 0.3) is 160 Å². The summed E-state index contributed by atoms with van der Waals surface area (Å²) in [7, 11) is 0. The van der Waals surface area contributed by atoms with Gasteiger partial charge in [0.25, 0.3) is 6.71 Å². The minimum absolute atomic E-state index is 0.273. The van der Waals surface area contributed by atoms with Crippen LogP contribution in [0.5, 0.6) is 0 Å².